The predicted octanol–water partition coefficient (Wildman–Crippen LogP) is -0.518. The van der Waals surface area contributed by atoms with Crippen molar-refractivity contribution < 1.29 is 39.0 Å². The number of carbonyl (C=O) groups is 1. The van der Waals surface area contributed by atoms with Crippen LogP contribution in [0.2, 0.25) is 0 Å². The maximum absolute atomic E-state index is 11.2. The van der Waals surface area contributed by atoms with Crippen LogP contribution >= 0.6 is 0 Å². The Labute approximate surface area is 150 Å². The number of nitro groups is 2. The first-order valence-electron chi connectivity index (χ1n) is 6.66. The average Bonchev–Trinajstić information content (AvgIpc) is 2.54. The van der Waals surface area contributed by atoms with Crippen molar-refractivity contribution in [2.45, 2.75) is 4.90 Å². The lowest BCUT2D eigenvalue weighted by Crippen LogP contribution is -2.39. The number of carboxylic acid groups (broad SMARTS) is 1. The third-order valence-electron chi connectivity index (χ3n) is 2.94. The lowest BCUT2D eigenvalue weighted by atomic mass is 10.1. The standard InChI is InChI=1S/C7H4N2O7.C6H8N2O2S/c10-6-4(7(11)12)1-3(8(13)14)2-5(6)9(15)16;7-5-1-3-6(4-2-5)11(8,9)10/h1-2,10H,(H,11,12);1-4H,7H2,(H2,8,9,10). The van der Waals surface area contributed by atoms with E-state index in [4.69, 9.17) is 10.2 Å². The van der Waals surface area contributed by atoms with E-state index in [1.54, 1.807) is 12.1 Å². The number of carboxylic acids is 1. The van der Waals surface area contributed by atoms with Gasteiger partial charge in [-0.2, -0.15) is 0 Å². The predicted molar refractivity (Wildman–Crippen MR) is 86.5 cm³/mol. The van der Waals surface area contributed by atoms with Gasteiger partial charge >= 0.3 is 5.97 Å². The molecule has 0 fully saturated rings. The minimum Gasteiger partial charge on any atom is -0.867 e. The van der Waals surface area contributed by atoms with Crippen molar-refractivity contribution in [3.8, 4) is 5.75 Å². The van der Waals surface area contributed by atoms with E-state index in [9.17, 15) is 38.5 Å². The molecular formula is C13H12N4O9S. The van der Waals surface area contributed by atoms with Gasteiger partial charge in [-0.15, -0.1) is 0 Å². The zero-order valence-electron chi connectivity index (χ0n) is 13.3. The molecule has 0 aliphatic carbocycles. The molecule has 0 bridgehead atoms. The fourth-order valence-corrected chi connectivity index (χ4v) is 2.19. The molecule has 144 valence electrons. The number of aromatic carboxylic acids is 1. The Morgan fingerprint density at radius 3 is 1.96 bits per heavy atom. The van der Waals surface area contributed by atoms with Gasteiger partial charge < -0.3 is 15.9 Å². The number of hydrogen-bond donors (Lipinski definition) is 3. The van der Waals surface area contributed by atoms with Gasteiger partial charge in [0, 0.05) is 18.2 Å². The topological polar surface area (TPSA) is 234 Å². The van der Waals surface area contributed by atoms with E-state index in [0.717, 1.165) is 5.69 Å². The number of nitrogens with two attached hydrogens (primary N) is 1. The number of benzene rings is 2. The molecule has 2 aromatic rings. The highest BCUT2D eigenvalue weighted by Crippen LogP contribution is 2.31. The van der Waals surface area contributed by atoms with Gasteiger partial charge in [-0.25, -0.2) is 18.4 Å². The Hall–Kier alpha value is -3.62. The molecule has 0 spiro atoms. The molecule has 0 atom stereocenters. The summed E-state index contributed by atoms with van der Waals surface area (Å²) in [6.07, 6.45) is 0. The van der Waals surface area contributed by atoms with Crippen LogP contribution in [0.15, 0.2) is 41.3 Å². The van der Waals surface area contributed by atoms with E-state index in [1.165, 1.54) is 12.1 Å². The van der Waals surface area contributed by atoms with Gasteiger partial charge in [0.2, 0.25) is 10.0 Å². The largest absolute Gasteiger partial charge is 0.867 e. The summed E-state index contributed by atoms with van der Waals surface area (Å²) in [5, 5.41) is 45.3. The molecule has 14 heteroatoms. The molecule has 0 unspecified atom stereocenters. The third-order valence-corrected chi connectivity index (χ3v) is 3.87. The van der Waals surface area contributed by atoms with Crippen LogP contribution in [-0.4, -0.2) is 29.3 Å². The molecule has 0 aromatic heterocycles. The maximum atomic E-state index is 11.2. The van der Waals surface area contributed by atoms with Crippen molar-refractivity contribution in [1.29, 1.82) is 0 Å². The number of nitrogens with zero attached hydrogens (tertiary/aromatic N) is 2. The van der Waals surface area contributed by atoms with Gasteiger partial charge in [0.05, 0.1) is 26.4 Å². The molecule has 0 saturated carbocycles. The van der Waals surface area contributed by atoms with Gasteiger partial charge in [0.1, 0.15) is 5.69 Å². The lowest BCUT2D eigenvalue weighted by Gasteiger charge is -2.09. The SMILES string of the molecule is NS(=O)(=O)c1ccc([NH3+])cc1.O=C(O)c1cc([N+](=O)[O-])cc([N+](=O)[O-])c1[O-]. The van der Waals surface area contributed by atoms with Crippen molar-refractivity contribution in [1.82, 2.24) is 0 Å². The average molecular weight is 400 g/mol. The first-order valence-corrected chi connectivity index (χ1v) is 8.21. The van der Waals surface area contributed by atoms with Crippen LogP contribution in [0.25, 0.3) is 0 Å². The monoisotopic (exact) mass is 400 g/mol. The molecule has 0 radical (unpaired) electrons. The quantitative estimate of drug-likeness (QED) is 0.441. The summed E-state index contributed by atoms with van der Waals surface area (Å²) in [6.45, 7) is 0. The number of non-ortho nitro benzene ring substituents is 1. The Morgan fingerprint density at radius 1 is 1.07 bits per heavy atom. The van der Waals surface area contributed by atoms with E-state index in [2.05, 4.69) is 5.73 Å². The molecule has 0 heterocycles. The van der Waals surface area contributed by atoms with Gasteiger partial charge in [-0.3, -0.25) is 20.2 Å². The van der Waals surface area contributed by atoms with Crippen LogP contribution in [-0.2, 0) is 10.0 Å². The number of quaternary nitrogens is 1. The zero-order chi connectivity index (χ0) is 20.9. The second-order valence-corrected chi connectivity index (χ2v) is 6.41. The van der Waals surface area contributed by atoms with E-state index < -0.39 is 48.5 Å². The molecule has 0 aliphatic heterocycles. The number of nitro benzene ring substituents is 2. The van der Waals surface area contributed by atoms with Crippen molar-refractivity contribution in [2.24, 2.45) is 5.14 Å². The minimum absolute atomic E-state index is 0.116. The van der Waals surface area contributed by atoms with Crippen molar-refractivity contribution >= 4 is 33.1 Å². The molecule has 6 N–H and O–H groups in total. The molecule has 0 aliphatic rings. The van der Waals surface area contributed by atoms with Crippen LogP contribution in [0.4, 0.5) is 17.1 Å². The summed E-state index contributed by atoms with van der Waals surface area (Å²) in [6, 6.07) is 6.96. The second kappa shape index (κ2) is 8.17. The number of primary sulfonamides is 1. The highest BCUT2D eigenvalue weighted by molar-refractivity contribution is 7.89. The van der Waals surface area contributed by atoms with Crippen molar-refractivity contribution in [2.75, 3.05) is 0 Å². The van der Waals surface area contributed by atoms with Gasteiger partial charge in [0.25, 0.3) is 11.4 Å². The highest BCUT2D eigenvalue weighted by atomic mass is 32.2. The molecule has 2 aromatic carbocycles. The lowest BCUT2D eigenvalue weighted by molar-refractivity contribution is -0.403. The van der Waals surface area contributed by atoms with Crippen molar-refractivity contribution in [3.63, 3.8) is 0 Å². The minimum atomic E-state index is -3.55. The summed E-state index contributed by atoms with van der Waals surface area (Å²) in [5.74, 6) is -3.11. The Bertz CT molecular complexity index is 968. The molecule has 0 saturated heterocycles. The highest BCUT2D eigenvalue weighted by Gasteiger charge is 2.21. The summed E-state index contributed by atoms with van der Waals surface area (Å²) < 4.78 is 21.4. The second-order valence-electron chi connectivity index (χ2n) is 4.85. The third kappa shape index (κ3) is 5.70. The summed E-state index contributed by atoms with van der Waals surface area (Å²) in [5.41, 5.74) is 1.42. The normalized spacial score (nSPS) is 10.4. The van der Waals surface area contributed by atoms with Gasteiger partial charge in [-0.1, -0.05) is 0 Å². The fourth-order valence-electron chi connectivity index (χ4n) is 1.68. The molecular weight excluding hydrogens is 388 g/mol. The Balaban J connectivity index is 0.000000289. The molecule has 2 rings (SSSR count). The van der Waals surface area contributed by atoms with Gasteiger partial charge in [-0.05, 0) is 17.9 Å². The number of hydrogen-bond acceptors (Lipinski definition) is 8. The van der Waals surface area contributed by atoms with E-state index in [0.29, 0.717) is 12.1 Å². The van der Waals surface area contributed by atoms with Crippen LogP contribution in [0.3, 0.4) is 0 Å². The zero-order valence-corrected chi connectivity index (χ0v) is 14.1. The Morgan fingerprint density at radius 2 is 1.59 bits per heavy atom. The van der Waals surface area contributed by atoms with E-state index in [1.807, 2.05) is 0 Å². The maximum Gasteiger partial charge on any atom is 0.335 e. The Kier molecular flexibility index (Phi) is 6.48. The summed E-state index contributed by atoms with van der Waals surface area (Å²) in [7, 11) is -3.55. The molecule has 0 amide bonds. The van der Waals surface area contributed by atoms with Gasteiger partial charge in [0.15, 0.2) is 0 Å². The molecule has 13 nitrogen and oxygen atoms in total. The van der Waals surface area contributed by atoms with E-state index >= 15 is 0 Å². The smallest absolute Gasteiger partial charge is 0.335 e. The van der Waals surface area contributed by atoms with Crippen molar-refractivity contribution in [3.05, 3.63) is 62.2 Å². The molecule has 27 heavy (non-hydrogen) atoms. The first kappa shape index (κ1) is 21.4. The number of sulfonamides is 1. The first-order chi connectivity index (χ1) is 12.3. The van der Waals surface area contributed by atoms with Crippen LogP contribution in [0.5, 0.6) is 5.75 Å². The van der Waals surface area contributed by atoms with E-state index in [-0.39, 0.29) is 4.90 Å². The summed E-state index contributed by atoms with van der Waals surface area (Å²) >= 11 is 0. The van der Waals surface area contributed by atoms with Crippen LogP contribution < -0.4 is 16.0 Å². The fraction of sp³-hybridized carbons (Fsp3) is 0. The van der Waals surface area contributed by atoms with Crippen LogP contribution in [0, 0.1) is 20.2 Å². The van der Waals surface area contributed by atoms with Crippen LogP contribution in [0.1, 0.15) is 10.4 Å². The number of rotatable bonds is 4. The summed E-state index contributed by atoms with van der Waals surface area (Å²) in [4.78, 5) is 29.2.